The van der Waals surface area contributed by atoms with Gasteiger partial charge in [-0.3, -0.25) is 0 Å². The van der Waals surface area contributed by atoms with Crippen LogP contribution < -0.4 is 4.74 Å². The van der Waals surface area contributed by atoms with Crippen molar-refractivity contribution in [1.29, 1.82) is 0 Å². The second-order valence-corrected chi connectivity index (χ2v) is 11.2. The monoisotopic (exact) mass is 544 g/mol. The maximum atomic E-state index is 10.8. The number of hydrogen-bond acceptors (Lipinski definition) is 3. The number of fused-ring (bicyclic) bond motifs is 7. The van der Waals surface area contributed by atoms with Crippen LogP contribution in [0.1, 0.15) is 33.4 Å². The Labute approximate surface area is 243 Å². The summed E-state index contributed by atoms with van der Waals surface area (Å²) in [6, 6.07) is 41.0. The van der Waals surface area contributed by atoms with Crippen LogP contribution in [0, 0.1) is 0 Å². The number of aromatic hydroxyl groups is 2. The Hall–Kier alpha value is -5.28. The smallest absolute Gasteiger partial charge is 0.135 e. The molecule has 7 aromatic carbocycles. The van der Waals surface area contributed by atoms with Gasteiger partial charge in [-0.1, -0.05) is 97.1 Å². The summed E-state index contributed by atoms with van der Waals surface area (Å²) in [5.74, 6) is 2.30. The first kappa shape index (κ1) is 24.5. The van der Waals surface area contributed by atoms with Crippen molar-refractivity contribution in [3.63, 3.8) is 0 Å². The van der Waals surface area contributed by atoms with Crippen molar-refractivity contribution < 1.29 is 14.9 Å². The molecule has 0 aliphatic carbocycles. The molecule has 1 aliphatic rings. The topological polar surface area (TPSA) is 49.7 Å². The fraction of sp³-hybridized carbons (Fsp3) is 0.0769. The highest BCUT2D eigenvalue weighted by Gasteiger charge is 2.24. The average molecular weight is 545 g/mol. The van der Waals surface area contributed by atoms with Crippen molar-refractivity contribution in [3.8, 4) is 23.0 Å². The summed E-state index contributed by atoms with van der Waals surface area (Å²) < 4.78 is 6.73. The van der Waals surface area contributed by atoms with Gasteiger partial charge in [0.05, 0.1) is 0 Å². The highest BCUT2D eigenvalue weighted by atomic mass is 16.5. The van der Waals surface area contributed by atoms with Crippen LogP contribution in [0.15, 0.2) is 121 Å². The van der Waals surface area contributed by atoms with Gasteiger partial charge in [-0.25, -0.2) is 0 Å². The molecule has 42 heavy (non-hydrogen) atoms. The molecule has 7 aromatic rings. The van der Waals surface area contributed by atoms with Gasteiger partial charge in [0.2, 0.25) is 0 Å². The third-order valence-electron chi connectivity index (χ3n) is 8.67. The fourth-order valence-electron chi connectivity index (χ4n) is 6.59. The first-order valence-electron chi connectivity index (χ1n) is 14.3. The van der Waals surface area contributed by atoms with Crippen molar-refractivity contribution in [1.82, 2.24) is 0 Å². The summed E-state index contributed by atoms with van der Waals surface area (Å²) in [6.07, 6.45) is 1.89. The molecule has 0 amide bonds. The molecule has 202 valence electrons. The van der Waals surface area contributed by atoms with E-state index in [0.717, 1.165) is 50.9 Å². The summed E-state index contributed by atoms with van der Waals surface area (Å²) in [5, 5.41) is 28.5. The highest BCUT2D eigenvalue weighted by molar-refractivity contribution is 5.94. The van der Waals surface area contributed by atoms with Crippen LogP contribution in [0.3, 0.4) is 0 Å². The molecule has 0 saturated carbocycles. The maximum Gasteiger partial charge on any atom is 0.135 e. The summed E-state index contributed by atoms with van der Waals surface area (Å²) in [4.78, 5) is 0. The first-order valence-corrected chi connectivity index (χ1v) is 14.3. The van der Waals surface area contributed by atoms with E-state index in [4.69, 9.17) is 4.74 Å². The minimum absolute atomic E-state index is 0.226. The maximum absolute atomic E-state index is 10.8. The van der Waals surface area contributed by atoms with E-state index >= 15 is 0 Å². The lowest BCUT2D eigenvalue weighted by molar-refractivity contribution is 0.457. The minimum Gasteiger partial charge on any atom is -0.508 e. The molecular formula is C39H28O3. The van der Waals surface area contributed by atoms with E-state index in [0.29, 0.717) is 12.8 Å². The van der Waals surface area contributed by atoms with Crippen molar-refractivity contribution >= 4 is 32.3 Å². The fourth-order valence-corrected chi connectivity index (χ4v) is 6.59. The molecule has 1 heterocycles. The number of benzene rings is 7. The van der Waals surface area contributed by atoms with Crippen molar-refractivity contribution in [2.45, 2.75) is 19.3 Å². The van der Waals surface area contributed by atoms with Gasteiger partial charge in [-0.05, 0) is 67.7 Å². The van der Waals surface area contributed by atoms with E-state index < -0.39 is 0 Å². The summed E-state index contributed by atoms with van der Waals surface area (Å²) >= 11 is 0. The third kappa shape index (κ3) is 4.05. The number of phenols is 2. The van der Waals surface area contributed by atoms with E-state index in [1.165, 1.54) is 32.7 Å². The Kier molecular flexibility index (Phi) is 5.65. The normalized spacial score (nSPS) is 12.3. The highest BCUT2D eigenvalue weighted by Crippen LogP contribution is 2.45. The standard InChI is InChI=1S/C39H28O3/c40-36-16-13-24(19-28(36)22-33-30-10-4-1-7-25(30)14-17-37(33)41)20-29-21-27-9-3-6-12-32(27)35-23-34-31-11-5-2-8-26(31)15-18-38(34)42-39(29)35/h1-19,21,40-41H,20,22-23H2. The van der Waals surface area contributed by atoms with Crippen LogP contribution in [0.25, 0.3) is 32.3 Å². The summed E-state index contributed by atoms with van der Waals surface area (Å²) in [5.41, 5.74) is 6.23. The van der Waals surface area contributed by atoms with Gasteiger partial charge in [-0.2, -0.15) is 0 Å². The van der Waals surface area contributed by atoms with Gasteiger partial charge in [0, 0.05) is 41.5 Å². The van der Waals surface area contributed by atoms with Crippen LogP contribution in [0.5, 0.6) is 23.0 Å². The quantitative estimate of drug-likeness (QED) is 0.232. The largest absolute Gasteiger partial charge is 0.508 e. The molecule has 3 heteroatoms. The molecule has 8 rings (SSSR count). The molecule has 0 radical (unpaired) electrons. The molecule has 0 fully saturated rings. The molecule has 0 unspecified atom stereocenters. The zero-order chi connectivity index (χ0) is 28.2. The molecule has 0 saturated heterocycles. The molecule has 0 atom stereocenters. The molecule has 0 spiro atoms. The van der Waals surface area contributed by atoms with E-state index in [9.17, 15) is 10.2 Å². The van der Waals surface area contributed by atoms with Crippen molar-refractivity contribution in [3.05, 3.63) is 155 Å². The van der Waals surface area contributed by atoms with Gasteiger partial charge in [-0.15, -0.1) is 0 Å². The predicted molar refractivity (Wildman–Crippen MR) is 170 cm³/mol. The molecule has 3 nitrogen and oxygen atoms in total. The van der Waals surface area contributed by atoms with Crippen LogP contribution in [-0.4, -0.2) is 10.2 Å². The SMILES string of the molecule is Oc1ccc(Cc2cc3ccccc3c3c2Oc2ccc4ccccc4c2C3)cc1Cc1c(O)ccc2ccccc12. The molecular weight excluding hydrogens is 516 g/mol. The predicted octanol–water partition coefficient (Wildman–Crippen LogP) is 9.44. The van der Waals surface area contributed by atoms with Crippen LogP contribution >= 0.6 is 0 Å². The van der Waals surface area contributed by atoms with Gasteiger partial charge < -0.3 is 14.9 Å². The summed E-state index contributed by atoms with van der Waals surface area (Å²) in [7, 11) is 0. The summed E-state index contributed by atoms with van der Waals surface area (Å²) in [6.45, 7) is 0. The Balaban J connectivity index is 1.21. The second-order valence-electron chi connectivity index (χ2n) is 11.2. The zero-order valence-electron chi connectivity index (χ0n) is 23.0. The lowest BCUT2D eigenvalue weighted by Gasteiger charge is -2.26. The lowest BCUT2D eigenvalue weighted by atomic mass is 9.88. The Bertz CT molecular complexity index is 2180. The molecule has 1 aliphatic heterocycles. The molecule has 0 bridgehead atoms. The first-order chi connectivity index (χ1) is 20.6. The van der Waals surface area contributed by atoms with Gasteiger partial charge in [0.25, 0.3) is 0 Å². The number of rotatable bonds is 4. The van der Waals surface area contributed by atoms with Crippen LogP contribution in [0.4, 0.5) is 0 Å². The lowest BCUT2D eigenvalue weighted by Crippen LogP contribution is -2.08. The number of phenolic OH excluding ortho intramolecular Hbond substituents is 2. The van der Waals surface area contributed by atoms with E-state index in [1.807, 2.05) is 36.4 Å². The van der Waals surface area contributed by atoms with Gasteiger partial charge in [0.15, 0.2) is 0 Å². The van der Waals surface area contributed by atoms with Gasteiger partial charge >= 0.3 is 0 Å². The van der Waals surface area contributed by atoms with E-state index in [-0.39, 0.29) is 11.5 Å². The van der Waals surface area contributed by atoms with Crippen LogP contribution in [0.2, 0.25) is 0 Å². The van der Waals surface area contributed by atoms with Crippen molar-refractivity contribution in [2.75, 3.05) is 0 Å². The Morgan fingerprint density at radius 1 is 0.524 bits per heavy atom. The van der Waals surface area contributed by atoms with Crippen molar-refractivity contribution in [2.24, 2.45) is 0 Å². The van der Waals surface area contributed by atoms with Gasteiger partial charge in [0.1, 0.15) is 23.0 Å². The molecule has 0 aromatic heterocycles. The van der Waals surface area contributed by atoms with E-state index in [1.54, 1.807) is 12.1 Å². The number of hydrogen-bond donors (Lipinski definition) is 2. The molecule has 2 N–H and O–H groups in total. The second kappa shape index (κ2) is 9.67. The third-order valence-corrected chi connectivity index (χ3v) is 8.67. The average Bonchev–Trinajstić information content (AvgIpc) is 3.03. The Morgan fingerprint density at radius 2 is 1.17 bits per heavy atom. The minimum atomic E-state index is 0.226. The zero-order valence-corrected chi connectivity index (χ0v) is 23.0. The van der Waals surface area contributed by atoms with E-state index in [2.05, 4.69) is 72.8 Å². The number of ether oxygens (including phenoxy) is 1. The van der Waals surface area contributed by atoms with Crippen LogP contribution in [-0.2, 0) is 19.3 Å². The Morgan fingerprint density at radius 3 is 1.98 bits per heavy atom.